The first-order valence-electron chi connectivity index (χ1n) is 8.30. The van der Waals surface area contributed by atoms with Crippen molar-refractivity contribution in [3.63, 3.8) is 0 Å². The zero-order chi connectivity index (χ0) is 16.1. The first-order valence-corrected chi connectivity index (χ1v) is 8.30. The minimum Gasteiger partial charge on any atom is -0.350 e. The van der Waals surface area contributed by atoms with Gasteiger partial charge in [-0.15, -0.1) is 0 Å². The molecule has 2 N–H and O–H groups in total. The van der Waals surface area contributed by atoms with Gasteiger partial charge in [-0.3, -0.25) is 14.9 Å². The minimum absolute atomic E-state index is 0.0211. The summed E-state index contributed by atoms with van der Waals surface area (Å²) in [5.74, 6) is 0.0906. The molecule has 1 saturated heterocycles. The molecule has 2 amide bonds. The highest BCUT2D eigenvalue weighted by molar-refractivity contribution is 5.94. The van der Waals surface area contributed by atoms with Gasteiger partial charge >= 0.3 is 0 Å². The summed E-state index contributed by atoms with van der Waals surface area (Å²) >= 11 is 0. The zero-order valence-electron chi connectivity index (χ0n) is 13.3. The van der Waals surface area contributed by atoms with Gasteiger partial charge in [-0.05, 0) is 37.0 Å². The maximum atomic E-state index is 12.4. The van der Waals surface area contributed by atoms with Crippen LogP contribution < -0.4 is 10.6 Å². The molecule has 2 aliphatic rings. The number of benzene rings is 1. The summed E-state index contributed by atoms with van der Waals surface area (Å²) in [5, 5.41) is 5.98. The van der Waals surface area contributed by atoms with Crippen molar-refractivity contribution in [2.75, 3.05) is 19.6 Å². The number of carbonyl (C=O) groups excluding carboxylic acids is 2. The summed E-state index contributed by atoms with van der Waals surface area (Å²) in [6, 6.07) is 7.30. The van der Waals surface area contributed by atoms with Crippen molar-refractivity contribution in [1.82, 2.24) is 15.5 Å². The van der Waals surface area contributed by atoms with Gasteiger partial charge in [0.15, 0.2) is 0 Å². The quantitative estimate of drug-likeness (QED) is 0.827. The van der Waals surface area contributed by atoms with E-state index in [-0.39, 0.29) is 17.9 Å². The molecule has 0 saturated carbocycles. The lowest BCUT2D eigenvalue weighted by molar-refractivity contribution is -0.122. The molecule has 1 aromatic rings. The van der Waals surface area contributed by atoms with Gasteiger partial charge in [-0.1, -0.05) is 24.3 Å². The normalized spacial score (nSPS) is 20.5. The predicted molar refractivity (Wildman–Crippen MR) is 89.0 cm³/mol. The third-order valence-corrected chi connectivity index (χ3v) is 4.38. The number of nitrogens with zero attached hydrogens (tertiary/aromatic N) is 1. The molecule has 5 nitrogen and oxygen atoms in total. The molecule has 5 heteroatoms. The van der Waals surface area contributed by atoms with Crippen LogP contribution >= 0.6 is 0 Å². The summed E-state index contributed by atoms with van der Waals surface area (Å²) in [4.78, 5) is 26.2. The fourth-order valence-corrected chi connectivity index (χ4v) is 2.99. The Hall–Kier alpha value is -2.14. The monoisotopic (exact) mass is 313 g/mol. The van der Waals surface area contributed by atoms with E-state index in [0.717, 1.165) is 43.6 Å². The SMILES string of the molecule is O=C(NCc1ccc(C(=O)N2CCCCC2)cc1)[C@@H]1C=CCN1. The van der Waals surface area contributed by atoms with Gasteiger partial charge in [-0.2, -0.15) is 0 Å². The third kappa shape index (κ3) is 3.99. The second-order valence-electron chi connectivity index (χ2n) is 6.08. The second-order valence-corrected chi connectivity index (χ2v) is 6.08. The van der Waals surface area contributed by atoms with Gasteiger partial charge in [0.25, 0.3) is 5.91 Å². The van der Waals surface area contributed by atoms with Crippen LogP contribution in [0.5, 0.6) is 0 Å². The van der Waals surface area contributed by atoms with Crippen LogP contribution in [-0.2, 0) is 11.3 Å². The van der Waals surface area contributed by atoms with Gasteiger partial charge in [0.2, 0.25) is 5.91 Å². The van der Waals surface area contributed by atoms with Crippen molar-refractivity contribution in [1.29, 1.82) is 0 Å². The molecular weight excluding hydrogens is 290 g/mol. The molecule has 122 valence electrons. The number of hydrogen-bond donors (Lipinski definition) is 2. The highest BCUT2D eigenvalue weighted by Crippen LogP contribution is 2.14. The Morgan fingerprint density at radius 1 is 1.13 bits per heavy atom. The largest absolute Gasteiger partial charge is 0.350 e. The van der Waals surface area contributed by atoms with E-state index in [9.17, 15) is 9.59 Å². The third-order valence-electron chi connectivity index (χ3n) is 4.38. The van der Waals surface area contributed by atoms with Crippen LogP contribution in [0.1, 0.15) is 35.2 Å². The Morgan fingerprint density at radius 3 is 2.52 bits per heavy atom. The number of amides is 2. The second kappa shape index (κ2) is 7.42. The van der Waals surface area contributed by atoms with Crippen molar-refractivity contribution in [3.05, 3.63) is 47.5 Å². The summed E-state index contributed by atoms with van der Waals surface area (Å²) in [5.41, 5.74) is 1.72. The molecule has 2 heterocycles. The smallest absolute Gasteiger partial charge is 0.253 e. The Balaban J connectivity index is 1.53. The summed E-state index contributed by atoms with van der Waals surface area (Å²) in [6.45, 7) is 2.94. The lowest BCUT2D eigenvalue weighted by Gasteiger charge is -2.26. The predicted octanol–water partition coefficient (Wildman–Crippen LogP) is 1.46. The Labute approximate surface area is 136 Å². The van der Waals surface area contributed by atoms with Gasteiger partial charge in [-0.25, -0.2) is 0 Å². The molecule has 1 fully saturated rings. The summed E-state index contributed by atoms with van der Waals surface area (Å²) < 4.78 is 0. The number of likely N-dealkylation sites (tertiary alicyclic amines) is 1. The Morgan fingerprint density at radius 2 is 1.87 bits per heavy atom. The number of rotatable bonds is 4. The van der Waals surface area contributed by atoms with E-state index in [2.05, 4.69) is 10.6 Å². The minimum atomic E-state index is -0.227. The average Bonchev–Trinajstić information content (AvgIpc) is 3.15. The number of hydrogen-bond acceptors (Lipinski definition) is 3. The number of carbonyl (C=O) groups is 2. The van der Waals surface area contributed by atoms with Gasteiger partial charge in [0.05, 0.1) is 0 Å². The van der Waals surface area contributed by atoms with E-state index in [4.69, 9.17) is 0 Å². The van der Waals surface area contributed by atoms with E-state index >= 15 is 0 Å². The molecule has 0 aliphatic carbocycles. The zero-order valence-corrected chi connectivity index (χ0v) is 13.3. The van der Waals surface area contributed by atoms with Crippen molar-refractivity contribution in [2.45, 2.75) is 31.8 Å². The summed E-state index contributed by atoms with van der Waals surface area (Å²) in [7, 11) is 0. The molecule has 23 heavy (non-hydrogen) atoms. The van der Waals surface area contributed by atoms with Crippen LogP contribution in [0.2, 0.25) is 0 Å². The maximum absolute atomic E-state index is 12.4. The topological polar surface area (TPSA) is 61.4 Å². The van der Waals surface area contributed by atoms with Crippen LogP contribution in [-0.4, -0.2) is 42.4 Å². The molecule has 0 bridgehead atoms. The molecular formula is C18H23N3O2. The van der Waals surface area contributed by atoms with E-state index < -0.39 is 0 Å². The molecule has 1 aromatic carbocycles. The van der Waals surface area contributed by atoms with Crippen LogP contribution in [0.15, 0.2) is 36.4 Å². The fourth-order valence-electron chi connectivity index (χ4n) is 2.99. The standard InChI is InChI=1S/C18H23N3O2/c22-17(16-5-4-10-19-16)20-13-14-6-8-15(9-7-14)18(23)21-11-2-1-3-12-21/h4-9,16,19H,1-3,10-13H2,(H,20,22)/t16-/m0/s1. The Kier molecular flexibility index (Phi) is 5.08. The van der Waals surface area contributed by atoms with Crippen molar-refractivity contribution in [2.24, 2.45) is 0 Å². The summed E-state index contributed by atoms with van der Waals surface area (Å²) in [6.07, 6.45) is 7.23. The van der Waals surface area contributed by atoms with Crippen molar-refractivity contribution < 1.29 is 9.59 Å². The Bertz CT molecular complexity index is 589. The highest BCUT2D eigenvalue weighted by Gasteiger charge is 2.18. The molecule has 3 rings (SSSR count). The van der Waals surface area contributed by atoms with Gasteiger partial charge in [0.1, 0.15) is 6.04 Å². The van der Waals surface area contributed by atoms with Crippen LogP contribution in [0.25, 0.3) is 0 Å². The molecule has 1 atom stereocenters. The molecule has 0 unspecified atom stereocenters. The lowest BCUT2D eigenvalue weighted by atomic mass is 10.1. The van der Waals surface area contributed by atoms with E-state index in [1.165, 1.54) is 6.42 Å². The van der Waals surface area contributed by atoms with Crippen LogP contribution in [0.4, 0.5) is 0 Å². The number of nitrogens with one attached hydrogen (secondary N) is 2. The maximum Gasteiger partial charge on any atom is 0.253 e. The highest BCUT2D eigenvalue weighted by atomic mass is 16.2. The fraction of sp³-hybridized carbons (Fsp3) is 0.444. The van der Waals surface area contributed by atoms with Crippen LogP contribution in [0.3, 0.4) is 0 Å². The van der Waals surface area contributed by atoms with E-state index in [1.807, 2.05) is 41.3 Å². The molecule has 0 aromatic heterocycles. The van der Waals surface area contributed by atoms with Crippen molar-refractivity contribution >= 4 is 11.8 Å². The van der Waals surface area contributed by atoms with Crippen molar-refractivity contribution in [3.8, 4) is 0 Å². The average molecular weight is 313 g/mol. The lowest BCUT2D eigenvalue weighted by Crippen LogP contribution is -2.40. The molecule has 2 aliphatic heterocycles. The molecule has 0 spiro atoms. The first-order chi connectivity index (χ1) is 11.2. The van der Waals surface area contributed by atoms with Crippen LogP contribution in [0, 0.1) is 0 Å². The van der Waals surface area contributed by atoms with Gasteiger partial charge in [0, 0.05) is 31.7 Å². The van der Waals surface area contributed by atoms with Gasteiger partial charge < -0.3 is 10.2 Å². The first kappa shape index (κ1) is 15.7. The van der Waals surface area contributed by atoms with E-state index in [0.29, 0.717) is 6.54 Å². The molecule has 0 radical (unpaired) electrons. The van der Waals surface area contributed by atoms with E-state index in [1.54, 1.807) is 0 Å². The number of piperidine rings is 1.